The van der Waals surface area contributed by atoms with Crippen LogP contribution in [0.1, 0.15) is 0 Å². The van der Waals surface area contributed by atoms with Crippen LogP contribution in [0.4, 0.5) is 14.7 Å². The summed E-state index contributed by atoms with van der Waals surface area (Å²) in [5, 5.41) is 0. The van der Waals surface area contributed by atoms with Gasteiger partial charge in [0.25, 0.3) is 5.56 Å². The van der Waals surface area contributed by atoms with Crippen LogP contribution in [-0.4, -0.2) is 9.97 Å². The van der Waals surface area contributed by atoms with Gasteiger partial charge in [0, 0.05) is 11.6 Å². The summed E-state index contributed by atoms with van der Waals surface area (Å²) in [6.07, 6.45) is 0. The number of aromatic nitrogens is 2. The highest BCUT2D eigenvalue weighted by molar-refractivity contribution is 14.1. The summed E-state index contributed by atoms with van der Waals surface area (Å²) in [5.41, 5.74) is 5.27. The Balaban J connectivity index is 2.72. The number of H-pyrrole nitrogens is 1. The van der Waals surface area contributed by atoms with Crippen LogP contribution in [0.25, 0.3) is 11.3 Å². The lowest BCUT2D eigenvalue weighted by Gasteiger charge is -2.04. The third kappa shape index (κ3) is 2.43. The molecule has 17 heavy (non-hydrogen) atoms. The molecule has 7 heteroatoms. The average molecular weight is 349 g/mol. The highest BCUT2D eigenvalue weighted by Gasteiger charge is 2.12. The quantitative estimate of drug-likeness (QED) is 0.773. The maximum Gasteiger partial charge on any atom is 0.266 e. The van der Waals surface area contributed by atoms with Gasteiger partial charge in [-0.15, -0.1) is 0 Å². The van der Waals surface area contributed by atoms with Crippen LogP contribution in [0, 0.1) is 15.2 Å². The van der Waals surface area contributed by atoms with Crippen LogP contribution in [-0.2, 0) is 0 Å². The van der Waals surface area contributed by atoms with E-state index in [9.17, 15) is 13.6 Å². The van der Waals surface area contributed by atoms with Gasteiger partial charge in [-0.05, 0) is 34.7 Å². The number of hydrogen-bond acceptors (Lipinski definition) is 3. The topological polar surface area (TPSA) is 71.8 Å². The number of hydrogen-bond donors (Lipinski definition) is 2. The fourth-order valence-electron chi connectivity index (χ4n) is 1.36. The van der Waals surface area contributed by atoms with Crippen molar-refractivity contribution >= 4 is 28.5 Å². The number of nitrogens with zero attached hydrogens (tertiary/aromatic N) is 1. The van der Waals surface area contributed by atoms with Crippen LogP contribution < -0.4 is 11.3 Å². The van der Waals surface area contributed by atoms with Crippen molar-refractivity contribution in [3.8, 4) is 11.3 Å². The van der Waals surface area contributed by atoms with E-state index in [0.717, 1.165) is 18.2 Å². The van der Waals surface area contributed by atoms with Gasteiger partial charge in [0.2, 0.25) is 5.95 Å². The number of aromatic amines is 1. The zero-order valence-electron chi connectivity index (χ0n) is 8.30. The second-order valence-electron chi connectivity index (χ2n) is 3.27. The molecule has 1 aromatic heterocycles. The first-order valence-corrected chi connectivity index (χ1v) is 5.57. The van der Waals surface area contributed by atoms with Crippen molar-refractivity contribution in [2.75, 3.05) is 5.73 Å². The Morgan fingerprint density at radius 3 is 2.41 bits per heavy atom. The minimum atomic E-state index is -0.739. The predicted molar refractivity (Wildman–Crippen MR) is 67.3 cm³/mol. The smallest absolute Gasteiger partial charge is 0.266 e. The minimum Gasteiger partial charge on any atom is -0.369 e. The Morgan fingerprint density at radius 2 is 1.82 bits per heavy atom. The molecule has 0 aliphatic rings. The van der Waals surface area contributed by atoms with Crippen LogP contribution in [0.3, 0.4) is 0 Å². The van der Waals surface area contributed by atoms with Gasteiger partial charge < -0.3 is 5.73 Å². The molecule has 0 aliphatic heterocycles. The molecule has 1 aromatic carbocycles. The van der Waals surface area contributed by atoms with Gasteiger partial charge >= 0.3 is 0 Å². The van der Waals surface area contributed by atoms with E-state index in [2.05, 4.69) is 9.97 Å². The van der Waals surface area contributed by atoms with E-state index in [4.69, 9.17) is 5.73 Å². The zero-order chi connectivity index (χ0) is 12.6. The molecule has 88 valence electrons. The molecular weight excluding hydrogens is 343 g/mol. The van der Waals surface area contributed by atoms with E-state index < -0.39 is 17.2 Å². The third-order valence-corrected chi connectivity index (χ3v) is 3.02. The van der Waals surface area contributed by atoms with Gasteiger partial charge in [0.1, 0.15) is 15.2 Å². The van der Waals surface area contributed by atoms with Gasteiger partial charge in [-0.25, -0.2) is 13.8 Å². The second-order valence-corrected chi connectivity index (χ2v) is 4.35. The lowest BCUT2D eigenvalue weighted by Crippen LogP contribution is -2.15. The predicted octanol–water partition coefficient (Wildman–Crippen LogP) is 1.90. The first kappa shape index (κ1) is 12.0. The molecule has 0 atom stereocenters. The fourth-order valence-corrected chi connectivity index (χ4v) is 1.92. The summed E-state index contributed by atoms with van der Waals surface area (Å²) in [5.74, 6) is -1.58. The molecule has 2 rings (SSSR count). The van der Waals surface area contributed by atoms with Gasteiger partial charge in [-0.1, -0.05) is 0 Å². The summed E-state index contributed by atoms with van der Waals surface area (Å²) >= 11 is 1.74. The first-order valence-electron chi connectivity index (χ1n) is 4.49. The van der Waals surface area contributed by atoms with Crippen molar-refractivity contribution in [3.63, 3.8) is 0 Å². The van der Waals surface area contributed by atoms with Crippen molar-refractivity contribution in [1.29, 1.82) is 0 Å². The lowest BCUT2D eigenvalue weighted by atomic mass is 10.1. The number of anilines is 1. The molecule has 1 heterocycles. The molecule has 0 radical (unpaired) electrons. The number of nitrogen functional groups attached to an aromatic ring is 1. The molecule has 0 amide bonds. The van der Waals surface area contributed by atoms with Crippen molar-refractivity contribution in [1.82, 2.24) is 9.97 Å². The van der Waals surface area contributed by atoms with Crippen molar-refractivity contribution < 1.29 is 8.78 Å². The standard InChI is InChI=1S/C10H6F2IN3O/c11-5-1-4(2-6(12)3-5)8-7(13)9(17)16-10(14)15-8/h1-3H,(H3,14,15,16,17). The number of rotatable bonds is 1. The van der Waals surface area contributed by atoms with Gasteiger partial charge in [-0.3, -0.25) is 9.78 Å². The second kappa shape index (κ2) is 4.40. The Labute approximate surface area is 108 Å². The van der Waals surface area contributed by atoms with Crippen LogP contribution >= 0.6 is 22.6 Å². The summed E-state index contributed by atoms with van der Waals surface area (Å²) in [7, 11) is 0. The van der Waals surface area contributed by atoms with Gasteiger partial charge in [-0.2, -0.15) is 0 Å². The van der Waals surface area contributed by atoms with Crippen molar-refractivity contribution in [3.05, 3.63) is 43.8 Å². The van der Waals surface area contributed by atoms with E-state index in [1.54, 1.807) is 22.6 Å². The molecule has 0 bridgehead atoms. The Morgan fingerprint density at radius 1 is 1.24 bits per heavy atom. The van der Waals surface area contributed by atoms with E-state index in [0.29, 0.717) is 0 Å². The molecule has 0 unspecified atom stereocenters. The Hall–Kier alpha value is -1.51. The largest absolute Gasteiger partial charge is 0.369 e. The average Bonchev–Trinajstić information content (AvgIpc) is 2.22. The SMILES string of the molecule is Nc1nc(-c2cc(F)cc(F)c2)c(I)c(=O)[nH]1. The Kier molecular flexibility index (Phi) is 3.09. The third-order valence-electron chi connectivity index (χ3n) is 2.02. The molecule has 0 aliphatic carbocycles. The summed E-state index contributed by atoms with van der Waals surface area (Å²) in [6.45, 7) is 0. The lowest BCUT2D eigenvalue weighted by molar-refractivity contribution is 0.584. The van der Waals surface area contributed by atoms with Gasteiger partial charge in [0.05, 0.1) is 5.69 Å². The number of benzene rings is 1. The fraction of sp³-hybridized carbons (Fsp3) is 0. The summed E-state index contributed by atoms with van der Waals surface area (Å²) < 4.78 is 26.3. The van der Waals surface area contributed by atoms with Crippen molar-refractivity contribution in [2.24, 2.45) is 0 Å². The van der Waals surface area contributed by atoms with Crippen molar-refractivity contribution in [2.45, 2.75) is 0 Å². The molecule has 3 N–H and O–H groups in total. The maximum atomic E-state index is 13.1. The number of halogens is 3. The molecule has 0 saturated heterocycles. The van der Waals surface area contributed by atoms with E-state index in [1.165, 1.54) is 0 Å². The van der Waals surface area contributed by atoms with Crippen LogP contribution in [0.15, 0.2) is 23.0 Å². The van der Waals surface area contributed by atoms with E-state index in [1.807, 2.05) is 0 Å². The summed E-state index contributed by atoms with van der Waals surface area (Å²) in [4.78, 5) is 17.6. The van der Waals surface area contributed by atoms with E-state index >= 15 is 0 Å². The molecule has 0 fully saturated rings. The molecule has 0 spiro atoms. The minimum absolute atomic E-state index is 0.102. The Bertz CT molecular complexity index is 622. The molecular formula is C10H6F2IN3O. The maximum absolute atomic E-state index is 13.1. The molecule has 0 saturated carbocycles. The monoisotopic (exact) mass is 349 g/mol. The number of nitrogens with two attached hydrogens (primary N) is 1. The molecule has 4 nitrogen and oxygen atoms in total. The normalized spacial score (nSPS) is 10.5. The van der Waals surface area contributed by atoms with Gasteiger partial charge in [0.15, 0.2) is 0 Å². The van der Waals surface area contributed by atoms with E-state index in [-0.39, 0.29) is 20.8 Å². The highest BCUT2D eigenvalue weighted by atomic mass is 127. The first-order chi connectivity index (χ1) is 7.97. The van der Waals surface area contributed by atoms with Crippen LogP contribution in [0.5, 0.6) is 0 Å². The van der Waals surface area contributed by atoms with Crippen LogP contribution in [0.2, 0.25) is 0 Å². The molecule has 2 aromatic rings. The summed E-state index contributed by atoms with van der Waals surface area (Å²) in [6, 6.07) is 2.92. The zero-order valence-corrected chi connectivity index (χ0v) is 10.5. The number of nitrogens with one attached hydrogen (secondary N) is 1. The highest BCUT2D eigenvalue weighted by Crippen LogP contribution is 2.23.